The van der Waals surface area contributed by atoms with Crippen LogP contribution in [0, 0.1) is 0 Å². The van der Waals surface area contributed by atoms with Crippen LogP contribution in [0.25, 0.3) is 0 Å². The van der Waals surface area contributed by atoms with Gasteiger partial charge in [-0.1, -0.05) is 18.2 Å². The van der Waals surface area contributed by atoms with Crippen molar-refractivity contribution in [3.63, 3.8) is 0 Å². The second-order valence-electron chi connectivity index (χ2n) is 5.93. The molecule has 10 nitrogen and oxygen atoms in total. The number of nitrogen functional groups attached to an aromatic ring is 1. The van der Waals surface area contributed by atoms with Gasteiger partial charge in [0.2, 0.25) is 5.78 Å². The van der Waals surface area contributed by atoms with E-state index in [4.69, 9.17) is 10.5 Å². The van der Waals surface area contributed by atoms with Crippen LogP contribution < -0.4 is 17.0 Å². The first kappa shape index (κ1) is 21.1. The molecule has 0 radical (unpaired) electrons. The minimum absolute atomic E-state index is 0.0698. The molecule has 0 amide bonds. The third kappa shape index (κ3) is 4.36. The zero-order valence-corrected chi connectivity index (χ0v) is 16.1. The molecule has 150 valence electrons. The van der Waals surface area contributed by atoms with Gasteiger partial charge in [-0.05, 0) is 12.1 Å². The van der Waals surface area contributed by atoms with Gasteiger partial charge in [-0.25, -0.2) is 13.2 Å². The Kier molecular flexibility index (Phi) is 6.19. The van der Waals surface area contributed by atoms with Crippen LogP contribution in [0.5, 0.6) is 0 Å². The van der Waals surface area contributed by atoms with Crippen molar-refractivity contribution >= 4 is 27.4 Å². The van der Waals surface area contributed by atoms with Crippen molar-refractivity contribution in [2.24, 2.45) is 14.1 Å². The lowest BCUT2D eigenvalue weighted by atomic mass is 10.2. The summed E-state index contributed by atoms with van der Waals surface area (Å²) in [5.74, 6) is -2.66. The molecule has 28 heavy (non-hydrogen) atoms. The third-order valence-corrected chi connectivity index (χ3v) is 5.76. The summed E-state index contributed by atoms with van der Waals surface area (Å²) in [6, 6.07) is 7.59. The van der Waals surface area contributed by atoms with E-state index in [0.717, 1.165) is 4.57 Å². The van der Waals surface area contributed by atoms with Gasteiger partial charge in [-0.15, -0.1) is 0 Å². The molecule has 2 N–H and O–H groups in total. The molecule has 0 aliphatic heterocycles. The lowest BCUT2D eigenvalue weighted by molar-refractivity contribution is -0.142. The predicted molar refractivity (Wildman–Crippen MR) is 99.7 cm³/mol. The third-order valence-electron chi connectivity index (χ3n) is 4.03. The number of nitrogens with two attached hydrogens (primary N) is 1. The molecule has 0 bridgehead atoms. The van der Waals surface area contributed by atoms with Gasteiger partial charge in [-0.3, -0.25) is 23.5 Å². The number of hydrogen-bond acceptors (Lipinski definition) is 8. The minimum atomic E-state index is -3.67. The van der Waals surface area contributed by atoms with Crippen LogP contribution in [0.1, 0.15) is 16.8 Å². The molecular formula is C17H19N3O7S. The first-order valence-electron chi connectivity index (χ1n) is 8.08. The molecule has 0 saturated heterocycles. The van der Waals surface area contributed by atoms with Gasteiger partial charge < -0.3 is 10.5 Å². The van der Waals surface area contributed by atoms with Crippen molar-refractivity contribution in [2.45, 2.75) is 11.3 Å². The van der Waals surface area contributed by atoms with E-state index in [1.807, 2.05) is 0 Å². The number of esters is 1. The number of ether oxygens (including phenoxy) is 1. The predicted octanol–water partition coefficient (Wildman–Crippen LogP) is -0.744. The Bertz CT molecular complexity index is 1130. The number of carbonyl (C=O) groups excluding carboxylic acids is 2. The number of aromatic nitrogens is 2. The van der Waals surface area contributed by atoms with Gasteiger partial charge in [0.05, 0.1) is 17.1 Å². The van der Waals surface area contributed by atoms with Gasteiger partial charge >= 0.3 is 11.7 Å². The number of Topliss-reactive ketones (excluding diaryl/α,β-unsaturated/α-hetero) is 1. The molecular weight excluding hydrogens is 390 g/mol. The first-order chi connectivity index (χ1) is 13.1. The summed E-state index contributed by atoms with van der Waals surface area (Å²) in [6.07, 6.45) is -0.467. The van der Waals surface area contributed by atoms with E-state index in [2.05, 4.69) is 0 Å². The Balaban J connectivity index is 2.03. The van der Waals surface area contributed by atoms with Crippen LogP contribution >= 0.6 is 0 Å². The molecule has 0 saturated carbocycles. The molecule has 0 aliphatic rings. The Morgan fingerprint density at radius 2 is 1.68 bits per heavy atom. The monoisotopic (exact) mass is 409 g/mol. The van der Waals surface area contributed by atoms with Gasteiger partial charge in [0.15, 0.2) is 16.4 Å². The molecule has 0 fully saturated rings. The van der Waals surface area contributed by atoms with Crippen molar-refractivity contribution in [1.29, 1.82) is 0 Å². The minimum Gasteiger partial charge on any atom is -0.457 e. The van der Waals surface area contributed by atoms with Crippen LogP contribution in [0.2, 0.25) is 0 Å². The largest absolute Gasteiger partial charge is 0.457 e. The summed E-state index contributed by atoms with van der Waals surface area (Å²) < 4.78 is 30.6. The molecule has 2 aromatic rings. The second-order valence-corrected chi connectivity index (χ2v) is 8.04. The number of carbonyl (C=O) groups is 2. The first-order valence-corrected chi connectivity index (χ1v) is 9.73. The second kappa shape index (κ2) is 8.21. The van der Waals surface area contributed by atoms with Crippen LogP contribution in [0.3, 0.4) is 0 Å². The van der Waals surface area contributed by atoms with E-state index >= 15 is 0 Å². The highest BCUT2D eigenvalue weighted by Crippen LogP contribution is 2.11. The summed E-state index contributed by atoms with van der Waals surface area (Å²) in [6.45, 7) is -0.804. The van der Waals surface area contributed by atoms with Gasteiger partial charge in [0.1, 0.15) is 11.4 Å². The quantitative estimate of drug-likeness (QED) is 0.464. The summed E-state index contributed by atoms with van der Waals surface area (Å²) in [4.78, 5) is 47.9. The SMILES string of the molecule is Cn1c(N)c(C(=O)COC(=O)CCS(=O)(=O)c2ccccc2)c(=O)n(C)c1=O. The maximum atomic E-state index is 12.2. The summed E-state index contributed by atoms with van der Waals surface area (Å²) in [5.41, 5.74) is 3.56. The van der Waals surface area contributed by atoms with E-state index in [1.165, 1.54) is 26.2 Å². The van der Waals surface area contributed by atoms with E-state index < -0.39 is 57.2 Å². The van der Waals surface area contributed by atoms with E-state index in [1.54, 1.807) is 18.2 Å². The van der Waals surface area contributed by atoms with Crippen molar-refractivity contribution < 1.29 is 22.7 Å². The van der Waals surface area contributed by atoms with Crippen molar-refractivity contribution in [3.05, 3.63) is 56.7 Å². The fourth-order valence-corrected chi connectivity index (χ4v) is 3.62. The van der Waals surface area contributed by atoms with E-state index in [-0.39, 0.29) is 10.7 Å². The fourth-order valence-electron chi connectivity index (χ4n) is 2.38. The normalized spacial score (nSPS) is 11.2. The van der Waals surface area contributed by atoms with Crippen LogP contribution in [-0.2, 0) is 33.5 Å². The number of sulfone groups is 1. The van der Waals surface area contributed by atoms with Gasteiger partial charge in [-0.2, -0.15) is 0 Å². The molecule has 2 rings (SSSR count). The van der Waals surface area contributed by atoms with Gasteiger partial charge in [0.25, 0.3) is 5.56 Å². The molecule has 1 heterocycles. The number of benzene rings is 1. The molecule has 1 aromatic carbocycles. The van der Waals surface area contributed by atoms with Crippen LogP contribution in [-0.4, -0.2) is 41.7 Å². The van der Waals surface area contributed by atoms with Crippen LogP contribution in [0.4, 0.5) is 5.82 Å². The molecule has 11 heteroatoms. The maximum absolute atomic E-state index is 12.2. The van der Waals surface area contributed by atoms with E-state index in [0.29, 0.717) is 4.57 Å². The standard InChI is InChI=1S/C17H19N3O7S/c1-19-15(18)14(16(23)20(2)17(19)24)12(21)10-27-13(22)8-9-28(25,26)11-6-4-3-5-7-11/h3-7H,8-10,18H2,1-2H3. The topological polar surface area (TPSA) is 148 Å². The Morgan fingerprint density at radius 1 is 1.07 bits per heavy atom. The zero-order chi connectivity index (χ0) is 21.1. The van der Waals surface area contributed by atoms with Gasteiger partial charge in [0, 0.05) is 14.1 Å². The highest BCUT2D eigenvalue weighted by molar-refractivity contribution is 7.91. The van der Waals surface area contributed by atoms with Crippen LogP contribution in [0.15, 0.2) is 44.8 Å². The van der Waals surface area contributed by atoms with Crippen molar-refractivity contribution in [3.8, 4) is 0 Å². The molecule has 1 aromatic heterocycles. The van der Waals surface area contributed by atoms with Crippen molar-refractivity contribution in [1.82, 2.24) is 9.13 Å². The van der Waals surface area contributed by atoms with Crippen molar-refractivity contribution in [2.75, 3.05) is 18.1 Å². The average Bonchev–Trinajstić information content (AvgIpc) is 2.68. The molecule has 0 spiro atoms. The van der Waals surface area contributed by atoms with E-state index in [9.17, 15) is 27.6 Å². The molecule has 0 unspecified atom stereocenters. The highest BCUT2D eigenvalue weighted by atomic mass is 32.2. The molecule has 0 aliphatic carbocycles. The number of rotatable bonds is 7. The average molecular weight is 409 g/mol. The summed E-state index contributed by atoms with van der Waals surface area (Å²) in [5, 5.41) is 0. The maximum Gasteiger partial charge on any atom is 0.332 e. The summed E-state index contributed by atoms with van der Waals surface area (Å²) >= 11 is 0. The fraction of sp³-hybridized carbons (Fsp3) is 0.294. The smallest absolute Gasteiger partial charge is 0.332 e. The molecule has 0 atom stereocenters. The lowest BCUT2D eigenvalue weighted by Gasteiger charge is -2.11. The summed E-state index contributed by atoms with van der Waals surface area (Å²) in [7, 11) is -1.20. The number of anilines is 1. The lowest BCUT2D eigenvalue weighted by Crippen LogP contribution is -2.42. The zero-order valence-electron chi connectivity index (χ0n) is 15.2. The number of ketones is 1. The highest BCUT2D eigenvalue weighted by Gasteiger charge is 2.22. The Labute approximate surface area is 160 Å². The number of hydrogen-bond donors (Lipinski definition) is 1. The number of nitrogens with zero attached hydrogens (tertiary/aromatic N) is 2. The Hall–Kier alpha value is -3.21. The Morgan fingerprint density at radius 3 is 2.29 bits per heavy atom.